The third kappa shape index (κ3) is 29.4. The summed E-state index contributed by atoms with van der Waals surface area (Å²) in [6.45, 7) is 2.28. The van der Waals surface area contributed by atoms with Crippen molar-refractivity contribution >= 4 is 5.97 Å². The number of carbonyl (C=O) groups is 1. The maximum absolute atomic E-state index is 10.4. The zero-order valence-electron chi connectivity index (χ0n) is 22.5. The van der Waals surface area contributed by atoms with Gasteiger partial charge >= 0.3 is 5.97 Å². The minimum atomic E-state index is -0.660. The topological polar surface area (TPSA) is 57.5 Å². The van der Waals surface area contributed by atoms with E-state index in [0.29, 0.717) is 6.42 Å². The molecule has 0 aromatic rings. The van der Waals surface area contributed by atoms with Crippen molar-refractivity contribution in [2.24, 2.45) is 0 Å². The Kier molecular flexibility index (Phi) is 27.2. The molecule has 0 saturated carbocycles. The highest BCUT2D eigenvalue weighted by Gasteiger charge is 2.04. The Balaban J connectivity index is 3.14. The highest BCUT2D eigenvalue weighted by atomic mass is 16.4. The summed E-state index contributed by atoms with van der Waals surface area (Å²) < 4.78 is 0. The number of aliphatic hydroxyl groups excluding tert-OH is 1. The molecule has 0 amide bonds. The molecule has 198 valence electrons. The fourth-order valence-corrected chi connectivity index (χ4v) is 4.79. The summed E-state index contributed by atoms with van der Waals surface area (Å²) in [7, 11) is 0. The van der Waals surface area contributed by atoms with Crippen LogP contribution >= 0.6 is 0 Å². The van der Waals surface area contributed by atoms with Crippen molar-refractivity contribution in [3.8, 4) is 0 Å². The van der Waals surface area contributed by atoms with Crippen LogP contribution in [0.4, 0.5) is 0 Å². The second kappa shape index (κ2) is 27.7. The Labute approximate surface area is 207 Å². The average Bonchev–Trinajstić information content (AvgIpc) is 2.79. The molecule has 0 spiro atoms. The highest BCUT2D eigenvalue weighted by molar-refractivity contribution is 5.66. The molecule has 33 heavy (non-hydrogen) atoms. The first-order valence-electron chi connectivity index (χ1n) is 15.1. The predicted molar refractivity (Wildman–Crippen MR) is 144 cm³/mol. The normalized spacial score (nSPS) is 12.3. The molecule has 0 heterocycles. The minimum Gasteiger partial charge on any atom is -0.481 e. The van der Waals surface area contributed by atoms with Crippen molar-refractivity contribution in [1.82, 2.24) is 0 Å². The standard InChI is InChI=1S/C30H60O3/c1-2-3-4-5-6-7-14-17-20-23-26-29(31)27-24-21-18-15-12-10-8-9-11-13-16-19-22-25-28-30(32)33/h29,31H,2-28H2,1H3,(H,32,33). The summed E-state index contributed by atoms with van der Waals surface area (Å²) in [4.78, 5) is 10.4. The largest absolute Gasteiger partial charge is 0.481 e. The molecule has 0 bridgehead atoms. The molecule has 0 radical (unpaired) electrons. The van der Waals surface area contributed by atoms with Crippen molar-refractivity contribution in [2.75, 3.05) is 0 Å². The first-order chi connectivity index (χ1) is 16.2. The van der Waals surface area contributed by atoms with Crippen LogP contribution in [-0.4, -0.2) is 22.3 Å². The van der Waals surface area contributed by atoms with E-state index in [1.807, 2.05) is 0 Å². The SMILES string of the molecule is CCCCCCCCCCCCC(O)CCCCCCCCCCCCCCCCC(=O)O. The lowest BCUT2D eigenvalue weighted by atomic mass is 10.0. The van der Waals surface area contributed by atoms with Crippen LogP contribution in [-0.2, 0) is 4.79 Å². The molecule has 1 atom stereocenters. The summed E-state index contributed by atoms with van der Waals surface area (Å²) >= 11 is 0. The molecule has 2 N–H and O–H groups in total. The monoisotopic (exact) mass is 468 g/mol. The average molecular weight is 469 g/mol. The fourth-order valence-electron chi connectivity index (χ4n) is 4.79. The Morgan fingerprint density at radius 3 is 1.06 bits per heavy atom. The smallest absolute Gasteiger partial charge is 0.303 e. The van der Waals surface area contributed by atoms with E-state index in [2.05, 4.69) is 6.92 Å². The molecule has 0 rings (SSSR count). The van der Waals surface area contributed by atoms with Gasteiger partial charge in [-0.05, 0) is 19.3 Å². The highest BCUT2D eigenvalue weighted by Crippen LogP contribution is 2.16. The molecule has 0 aromatic carbocycles. The summed E-state index contributed by atoms with van der Waals surface area (Å²) in [5.41, 5.74) is 0. The number of unbranched alkanes of at least 4 members (excludes halogenated alkanes) is 22. The van der Waals surface area contributed by atoms with E-state index in [4.69, 9.17) is 5.11 Å². The van der Waals surface area contributed by atoms with Gasteiger partial charge < -0.3 is 10.2 Å². The maximum Gasteiger partial charge on any atom is 0.303 e. The van der Waals surface area contributed by atoms with Crippen molar-refractivity contribution in [3.63, 3.8) is 0 Å². The zero-order valence-corrected chi connectivity index (χ0v) is 22.5. The van der Waals surface area contributed by atoms with Gasteiger partial charge in [0.05, 0.1) is 6.10 Å². The van der Waals surface area contributed by atoms with Gasteiger partial charge in [0.2, 0.25) is 0 Å². The van der Waals surface area contributed by atoms with Crippen LogP contribution in [0.3, 0.4) is 0 Å². The van der Waals surface area contributed by atoms with Gasteiger partial charge in [-0.25, -0.2) is 0 Å². The number of carboxylic acid groups (broad SMARTS) is 1. The van der Waals surface area contributed by atoms with Crippen LogP contribution in [0.25, 0.3) is 0 Å². The van der Waals surface area contributed by atoms with Crippen LogP contribution in [0.15, 0.2) is 0 Å². The minimum absolute atomic E-state index is 0.0591. The molecule has 0 saturated heterocycles. The van der Waals surface area contributed by atoms with Gasteiger partial charge in [0.25, 0.3) is 0 Å². The van der Waals surface area contributed by atoms with Gasteiger partial charge in [-0.2, -0.15) is 0 Å². The molecule has 0 fully saturated rings. The van der Waals surface area contributed by atoms with Crippen molar-refractivity contribution in [3.05, 3.63) is 0 Å². The molecule has 0 aliphatic carbocycles. The van der Waals surface area contributed by atoms with E-state index in [9.17, 15) is 9.90 Å². The zero-order chi connectivity index (χ0) is 24.2. The van der Waals surface area contributed by atoms with Gasteiger partial charge in [-0.15, -0.1) is 0 Å². The molecule has 1 unspecified atom stereocenters. The number of carboxylic acids is 1. The van der Waals surface area contributed by atoms with Gasteiger partial charge in [0, 0.05) is 6.42 Å². The van der Waals surface area contributed by atoms with E-state index in [1.165, 1.54) is 141 Å². The van der Waals surface area contributed by atoms with E-state index in [1.54, 1.807) is 0 Å². The van der Waals surface area contributed by atoms with E-state index < -0.39 is 5.97 Å². The van der Waals surface area contributed by atoms with Crippen molar-refractivity contribution in [2.45, 2.75) is 186 Å². The van der Waals surface area contributed by atoms with Crippen LogP contribution in [0.1, 0.15) is 180 Å². The third-order valence-electron chi connectivity index (χ3n) is 7.07. The number of hydrogen-bond donors (Lipinski definition) is 2. The lowest BCUT2D eigenvalue weighted by molar-refractivity contribution is -0.137. The first kappa shape index (κ1) is 32.4. The van der Waals surface area contributed by atoms with Crippen LogP contribution < -0.4 is 0 Å². The molecule has 0 aliphatic heterocycles. The lowest BCUT2D eigenvalue weighted by Crippen LogP contribution is -2.05. The summed E-state index contributed by atoms with van der Waals surface area (Å²) in [5, 5.41) is 18.8. The van der Waals surface area contributed by atoms with Gasteiger partial charge in [-0.1, -0.05) is 155 Å². The Hall–Kier alpha value is -0.570. The fraction of sp³-hybridized carbons (Fsp3) is 0.967. The van der Waals surface area contributed by atoms with Crippen LogP contribution in [0.2, 0.25) is 0 Å². The van der Waals surface area contributed by atoms with Gasteiger partial charge in [0.1, 0.15) is 0 Å². The number of aliphatic hydroxyl groups is 1. The summed E-state index contributed by atoms with van der Waals surface area (Å²) in [6, 6.07) is 0. The van der Waals surface area contributed by atoms with E-state index >= 15 is 0 Å². The Morgan fingerprint density at radius 1 is 0.485 bits per heavy atom. The molecule has 0 aromatic heterocycles. The summed E-state index contributed by atoms with van der Waals surface area (Å²) in [6.07, 6.45) is 33.7. The van der Waals surface area contributed by atoms with Crippen molar-refractivity contribution < 1.29 is 15.0 Å². The van der Waals surface area contributed by atoms with Crippen LogP contribution in [0.5, 0.6) is 0 Å². The Morgan fingerprint density at radius 2 is 0.758 bits per heavy atom. The molecular formula is C30H60O3. The van der Waals surface area contributed by atoms with Gasteiger partial charge in [-0.3, -0.25) is 4.79 Å². The lowest BCUT2D eigenvalue weighted by Gasteiger charge is -2.10. The van der Waals surface area contributed by atoms with Gasteiger partial charge in [0.15, 0.2) is 0 Å². The summed E-state index contributed by atoms with van der Waals surface area (Å²) in [5.74, 6) is -0.660. The Bertz CT molecular complexity index is 383. The molecule has 3 heteroatoms. The predicted octanol–water partition coefficient (Wildman–Crippen LogP) is 9.98. The van der Waals surface area contributed by atoms with Crippen molar-refractivity contribution in [1.29, 1.82) is 0 Å². The van der Waals surface area contributed by atoms with Crippen LogP contribution in [0, 0.1) is 0 Å². The van der Waals surface area contributed by atoms with E-state index in [-0.39, 0.29) is 6.10 Å². The second-order valence-electron chi connectivity index (χ2n) is 10.5. The second-order valence-corrected chi connectivity index (χ2v) is 10.5. The number of hydrogen-bond acceptors (Lipinski definition) is 2. The molecule has 3 nitrogen and oxygen atoms in total. The quantitative estimate of drug-likeness (QED) is 0.112. The maximum atomic E-state index is 10.4. The molecular weight excluding hydrogens is 408 g/mol. The first-order valence-corrected chi connectivity index (χ1v) is 15.1. The third-order valence-corrected chi connectivity index (χ3v) is 7.07. The number of aliphatic carboxylic acids is 1. The number of rotatable bonds is 28. The molecule has 0 aliphatic rings. The van der Waals surface area contributed by atoms with E-state index in [0.717, 1.165) is 25.7 Å².